The number of fused-ring (bicyclic) bond motifs is 1. The summed E-state index contributed by atoms with van der Waals surface area (Å²) < 4.78 is 1.25. The molecule has 0 spiro atoms. The van der Waals surface area contributed by atoms with Crippen molar-refractivity contribution in [2.45, 2.75) is 83.2 Å². The van der Waals surface area contributed by atoms with Crippen molar-refractivity contribution in [1.29, 1.82) is 0 Å². The van der Waals surface area contributed by atoms with E-state index in [0.717, 1.165) is 19.3 Å². The van der Waals surface area contributed by atoms with Gasteiger partial charge in [0.05, 0.1) is 32.3 Å². The lowest BCUT2D eigenvalue weighted by molar-refractivity contribution is -0.135. The first-order chi connectivity index (χ1) is 16.3. The molecule has 0 saturated heterocycles. The second-order valence-electron chi connectivity index (χ2n) is 11.3. The Balaban J connectivity index is 1.63. The lowest BCUT2D eigenvalue weighted by atomic mass is 9.83. The fourth-order valence-electron chi connectivity index (χ4n) is 5.37. The van der Waals surface area contributed by atoms with E-state index >= 15 is 0 Å². The molecule has 9 heteroatoms. The SMILES string of the molecule is CC(=O)n1nc2c(c1NC(=O)C1([Si](C)(C)C)CCC1)CN(C(=O)CC(=O)c1ccccc1)C2(C)C. The zero-order chi connectivity index (χ0) is 25.8. The maximum absolute atomic E-state index is 13.6. The highest BCUT2D eigenvalue weighted by Crippen LogP contribution is 2.56. The summed E-state index contributed by atoms with van der Waals surface area (Å²) in [5, 5.41) is 7.22. The minimum atomic E-state index is -1.83. The van der Waals surface area contributed by atoms with Crippen LogP contribution >= 0.6 is 0 Å². The molecule has 8 nitrogen and oxygen atoms in total. The topological polar surface area (TPSA) is 101 Å². The number of hydrogen-bond acceptors (Lipinski definition) is 5. The summed E-state index contributed by atoms with van der Waals surface area (Å²) in [6.07, 6.45) is 2.46. The van der Waals surface area contributed by atoms with E-state index in [1.54, 1.807) is 29.2 Å². The predicted molar refractivity (Wildman–Crippen MR) is 136 cm³/mol. The zero-order valence-corrected chi connectivity index (χ0v) is 22.4. The molecule has 1 fully saturated rings. The minimum absolute atomic E-state index is 0.0602. The second kappa shape index (κ2) is 8.55. The first-order valence-corrected chi connectivity index (χ1v) is 15.6. The maximum Gasteiger partial charge on any atom is 0.245 e. The van der Waals surface area contributed by atoms with Crippen molar-refractivity contribution in [3.8, 4) is 0 Å². The molecule has 2 amide bonds. The molecule has 2 aliphatic rings. The number of anilines is 1. The van der Waals surface area contributed by atoms with Crippen LogP contribution in [0, 0.1) is 0 Å². The van der Waals surface area contributed by atoms with Gasteiger partial charge in [0.1, 0.15) is 5.82 Å². The molecule has 2 aromatic rings. The van der Waals surface area contributed by atoms with Crippen molar-refractivity contribution in [2.75, 3.05) is 5.32 Å². The number of rotatable bonds is 6. The standard InChI is InChI=1S/C26H34N4O4Si/c1-17(31)30-23(27-24(34)26(13-10-14-26)35(4,5)6)19-16-29(25(2,3)22(19)28-30)21(33)15-20(32)18-11-8-7-9-12-18/h7-9,11-12H,10,13-16H2,1-6H3,(H,27,34). The monoisotopic (exact) mass is 494 g/mol. The van der Waals surface area contributed by atoms with Gasteiger partial charge >= 0.3 is 0 Å². The van der Waals surface area contributed by atoms with Crippen LogP contribution in [0.5, 0.6) is 0 Å². The summed E-state index contributed by atoms with van der Waals surface area (Å²) >= 11 is 0. The molecule has 1 aliphatic heterocycles. The molecular weight excluding hydrogens is 460 g/mol. The molecule has 2 heterocycles. The average Bonchev–Trinajstić information content (AvgIpc) is 3.21. The van der Waals surface area contributed by atoms with Crippen LogP contribution in [0.25, 0.3) is 0 Å². The third-order valence-electron chi connectivity index (χ3n) is 7.87. The van der Waals surface area contributed by atoms with Gasteiger partial charge in [-0.3, -0.25) is 19.2 Å². The Bertz CT molecular complexity index is 1210. The number of amides is 2. The molecule has 0 atom stereocenters. The van der Waals surface area contributed by atoms with E-state index < -0.39 is 13.6 Å². The third kappa shape index (κ3) is 4.05. The maximum atomic E-state index is 13.6. The first-order valence-electron chi connectivity index (χ1n) is 12.1. The number of aromatic nitrogens is 2. The summed E-state index contributed by atoms with van der Waals surface area (Å²) in [4.78, 5) is 53.5. The van der Waals surface area contributed by atoms with Crippen molar-refractivity contribution in [1.82, 2.24) is 14.7 Å². The summed E-state index contributed by atoms with van der Waals surface area (Å²) in [7, 11) is -1.83. The summed E-state index contributed by atoms with van der Waals surface area (Å²) in [6.45, 7) is 11.9. The average molecular weight is 495 g/mol. The van der Waals surface area contributed by atoms with Crippen LogP contribution in [0.4, 0.5) is 5.82 Å². The van der Waals surface area contributed by atoms with Gasteiger partial charge in [-0.2, -0.15) is 9.78 Å². The van der Waals surface area contributed by atoms with Gasteiger partial charge < -0.3 is 10.2 Å². The lowest BCUT2D eigenvalue weighted by Crippen LogP contribution is -2.52. The summed E-state index contributed by atoms with van der Waals surface area (Å²) in [5.74, 6) is -0.584. The highest BCUT2D eigenvalue weighted by molar-refractivity contribution is 6.83. The van der Waals surface area contributed by atoms with Crippen LogP contribution < -0.4 is 5.32 Å². The normalized spacial score (nSPS) is 17.9. The summed E-state index contributed by atoms with van der Waals surface area (Å²) in [5.41, 5.74) is 0.877. The number of hydrogen-bond donors (Lipinski definition) is 1. The van der Waals surface area contributed by atoms with Gasteiger partial charge in [-0.05, 0) is 26.7 Å². The van der Waals surface area contributed by atoms with Gasteiger partial charge in [0.15, 0.2) is 5.78 Å². The highest BCUT2D eigenvalue weighted by atomic mass is 28.3. The van der Waals surface area contributed by atoms with E-state index in [2.05, 4.69) is 30.1 Å². The highest BCUT2D eigenvalue weighted by Gasteiger charge is 2.54. The number of carbonyl (C=O) groups is 4. The van der Waals surface area contributed by atoms with E-state index in [4.69, 9.17) is 0 Å². The molecule has 0 unspecified atom stereocenters. The van der Waals surface area contributed by atoms with Crippen LogP contribution in [0.15, 0.2) is 30.3 Å². The Morgan fingerprint density at radius 1 is 1.06 bits per heavy atom. The number of Topliss-reactive ketones (excluding diaryl/α,β-unsaturated/α-hetero) is 1. The van der Waals surface area contributed by atoms with Crippen molar-refractivity contribution in [3.63, 3.8) is 0 Å². The van der Waals surface area contributed by atoms with Crippen molar-refractivity contribution in [2.24, 2.45) is 0 Å². The van der Waals surface area contributed by atoms with Gasteiger partial charge in [0, 0.05) is 23.1 Å². The van der Waals surface area contributed by atoms with E-state index in [-0.39, 0.29) is 41.5 Å². The van der Waals surface area contributed by atoms with E-state index in [9.17, 15) is 19.2 Å². The molecule has 1 aromatic heterocycles. The molecule has 1 saturated carbocycles. The number of carbonyl (C=O) groups excluding carboxylic acids is 4. The van der Waals surface area contributed by atoms with Crippen molar-refractivity contribution >= 4 is 37.4 Å². The Labute approximate surface area is 207 Å². The molecule has 0 radical (unpaired) electrons. The Kier molecular flexibility index (Phi) is 6.11. The van der Waals surface area contributed by atoms with Crippen LogP contribution in [-0.2, 0) is 21.7 Å². The van der Waals surface area contributed by atoms with Gasteiger partial charge in [-0.15, -0.1) is 0 Å². The molecule has 1 N–H and O–H groups in total. The number of ketones is 1. The third-order valence-corrected chi connectivity index (χ3v) is 11.5. The number of nitrogens with one attached hydrogen (secondary N) is 1. The van der Waals surface area contributed by atoms with E-state index in [0.29, 0.717) is 22.6 Å². The quantitative estimate of drug-likeness (QED) is 0.359. The van der Waals surface area contributed by atoms with Gasteiger partial charge in [-0.1, -0.05) is 56.4 Å². The number of nitrogens with zero attached hydrogens (tertiary/aromatic N) is 3. The van der Waals surface area contributed by atoms with Crippen molar-refractivity contribution in [3.05, 3.63) is 47.2 Å². The van der Waals surface area contributed by atoms with Crippen LogP contribution in [0.1, 0.15) is 72.9 Å². The first kappa shape index (κ1) is 25.0. The van der Waals surface area contributed by atoms with Gasteiger partial charge in [-0.25, -0.2) is 0 Å². The van der Waals surface area contributed by atoms with Crippen LogP contribution in [0.2, 0.25) is 24.7 Å². The predicted octanol–water partition coefficient (Wildman–Crippen LogP) is 4.59. The largest absolute Gasteiger partial charge is 0.327 e. The van der Waals surface area contributed by atoms with Gasteiger partial charge in [0.25, 0.3) is 0 Å². The number of benzene rings is 1. The van der Waals surface area contributed by atoms with Crippen LogP contribution in [-0.4, -0.2) is 46.3 Å². The van der Waals surface area contributed by atoms with E-state index in [1.165, 1.54) is 11.6 Å². The van der Waals surface area contributed by atoms with Crippen LogP contribution in [0.3, 0.4) is 0 Å². The Morgan fingerprint density at radius 3 is 2.20 bits per heavy atom. The molecule has 4 rings (SSSR count). The summed E-state index contributed by atoms with van der Waals surface area (Å²) in [6, 6.07) is 8.74. The molecule has 0 bridgehead atoms. The van der Waals surface area contributed by atoms with E-state index in [1.807, 2.05) is 19.9 Å². The molecule has 186 valence electrons. The molecular formula is C26H34N4O4Si. The Hall–Kier alpha value is -3.07. The van der Waals surface area contributed by atoms with Crippen molar-refractivity contribution < 1.29 is 19.2 Å². The Morgan fingerprint density at radius 2 is 1.69 bits per heavy atom. The minimum Gasteiger partial charge on any atom is -0.327 e. The molecule has 1 aromatic carbocycles. The van der Waals surface area contributed by atoms with Gasteiger partial charge in [0.2, 0.25) is 17.7 Å². The molecule has 1 aliphatic carbocycles. The fourth-order valence-corrected chi connectivity index (χ4v) is 7.96. The molecule has 35 heavy (non-hydrogen) atoms. The lowest BCUT2D eigenvalue weighted by Gasteiger charge is -2.48. The second-order valence-corrected chi connectivity index (χ2v) is 16.7. The fraction of sp³-hybridized carbons (Fsp3) is 0.500. The zero-order valence-electron chi connectivity index (χ0n) is 21.4. The smallest absolute Gasteiger partial charge is 0.245 e.